The molecule has 0 fully saturated rings. The Kier molecular flexibility index (Phi) is 5.35. The largest absolute Gasteiger partial charge is 0.504 e. The van der Waals surface area contributed by atoms with Crippen molar-refractivity contribution in [3.8, 4) is 17.6 Å². The van der Waals surface area contributed by atoms with Crippen LogP contribution in [0.5, 0.6) is 11.5 Å². The lowest BCUT2D eigenvalue weighted by molar-refractivity contribution is -0.121. The van der Waals surface area contributed by atoms with E-state index in [0.29, 0.717) is 47.4 Å². The summed E-state index contributed by atoms with van der Waals surface area (Å²) in [6.45, 7) is 3.38. The summed E-state index contributed by atoms with van der Waals surface area (Å²) in [5.74, 6) is -0.692. The molecule has 1 atom stereocenters. The molecule has 2 aromatic rings. The Bertz CT molecular complexity index is 1280. The van der Waals surface area contributed by atoms with Gasteiger partial charge in [0.15, 0.2) is 17.3 Å². The second-order valence-corrected chi connectivity index (χ2v) is 8.10. The number of pyridine rings is 1. The number of ether oxygens (including phenoxy) is 1. The molecule has 1 aromatic heterocycles. The maximum absolute atomic E-state index is 13.4. The normalized spacial score (nSPS) is 18.4. The zero-order chi connectivity index (χ0) is 23.2. The van der Waals surface area contributed by atoms with Crippen LogP contribution in [0, 0.1) is 25.2 Å². The number of carbonyl (C=O) groups excluding carboxylic acids is 2. The molecule has 1 aromatic carbocycles. The Morgan fingerprint density at radius 3 is 2.59 bits per heavy atom. The number of carbonyl (C=O) groups is 2. The molecule has 0 radical (unpaired) electrons. The number of rotatable bonds is 3. The summed E-state index contributed by atoms with van der Waals surface area (Å²) >= 11 is 0. The molecule has 4 rings (SSSR count). The molecule has 1 N–H and O–H groups in total. The van der Waals surface area contributed by atoms with Gasteiger partial charge < -0.3 is 9.84 Å². The second-order valence-electron chi connectivity index (χ2n) is 8.10. The van der Waals surface area contributed by atoms with Gasteiger partial charge in [0.1, 0.15) is 11.6 Å². The van der Waals surface area contributed by atoms with Gasteiger partial charge in [0.05, 0.1) is 12.8 Å². The first-order chi connectivity index (χ1) is 15.3. The summed E-state index contributed by atoms with van der Waals surface area (Å²) in [6, 6.07) is 8.40. The van der Waals surface area contributed by atoms with E-state index in [2.05, 4.69) is 0 Å². The Morgan fingerprint density at radius 1 is 1.16 bits per heavy atom. The molecule has 2 aliphatic rings. The number of aromatic nitrogens is 1. The van der Waals surface area contributed by atoms with Crippen molar-refractivity contribution in [3.63, 3.8) is 0 Å². The predicted octanol–water partition coefficient (Wildman–Crippen LogP) is 2.71. The van der Waals surface area contributed by atoms with Crippen LogP contribution in [-0.4, -0.2) is 28.6 Å². The van der Waals surface area contributed by atoms with E-state index < -0.39 is 11.5 Å². The molecule has 2 heterocycles. The number of hydrogen-bond acceptors (Lipinski definition) is 6. The average molecular weight is 433 g/mol. The topological polar surface area (TPSA) is 113 Å². The molecule has 8 heteroatoms. The molecule has 0 bridgehead atoms. The minimum Gasteiger partial charge on any atom is -0.504 e. The van der Waals surface area contributed by atoms with Crippen LogP contribution in [0.25, 0.3) is 0 Å². The molecular weight excluding hydrogens is 410 g/mol. The molecule has 8 nitrogen and oxygen atoms in total. The zero-order valence-corrected chi connectivity index (χ0v) is 18.1. The maximum Gasteiger partial charge on any atom is 0.288 e. The van der Waals surface area contributed by atoms with E-state index in [9.17, 15) is 24.8 Å². The molecular formula is C24H23N3O5. The van der Waals surface area contributed by atoms with Crippen molar-refractivity contribution in [2.45, 2.75) is 45.4 Å². The van der Waals surface area contributed by atoms with Gasteiger partial charge in [0.25, 0.3) is 5.56 Å². The van der Waals surface area contributed by atoms with Crippen LogP contribution in [0.2, 0.25) is 0 Å². The van der Waals surface area contributed by atoms with Crippen LogP contribution in [0.15, 0.2) is 40.3 Å². The Morgan fingerprint density at radius 2 is 1.91 bits per heavy atom. The number of benzene rings is 1. The summed E-state index contributed by atoms with van der Waals surface area (Å²) in [4.78, 5) is 39.6. The third-order valence-electron chi connectivity index (χ3n) is 6.13. The van der Waals surface area contributed by atoms with Gasteiger partial charge in [-0.3, -0.25) is 14.4 Å². The number of ketones is 1. The first-order valence-electron chi connectivity index (χ1n) is 10.4. The number of phenolic OH excluding ortho intramolecular Hbond substituents is 1. The monoisotopic (exact) mass is 433 g/mol. The number of aryl methyl sites for hydroxylation is 2. The molecule has 0 saturated carbocycles. The van der Waals surface area contributed by atoms with Gasteiger partial charge >= 0.3 is 0 Å². The van der Waals surface area contributed by atoms with Crippen molar-refractivity contribution >= 4 is 11.7 Å². The fourth-order valence-corrected chi connectivity index (χ4v) is 4.67. The van der Waals surface area contributed by atoms with E-state index in [-0.39, 0.29) is 35.2 Å². The summed E-state index contributed by atoms with van der Waals surface area (Å²) in [7, 11) is 1.43. The molecule has 1 amide bonds. The molecule has 1 aliphatic carbocycles. The van der Waals surface area contributed by atoms with Crippen molar-refractivity contribution in [3.05, 3.63) is 68.3 Å². The second kappa shape index (κ2) is 8.00. The summed E-state index contributed by atoms with van der Waals surface area (Å²) in [5.41, 5.74) is 2.11. The van der Waals surface area contributed by atoms with Gasteiger partial charge in [-0.05, 0) is 56.0 Å². The SMILES string of the molecule is COc1cc([C@H]2CC(=O)N(n3c(C)cc(C)c(C#N)c3=O)C3=C2C(=O)CCC3)ccc1O. The Labute approximate surface area is 184 Å². The van der Waals surface area contributed by atoms with Crippen LogP contribution < -0.4 is 15.3 Å². The first kappa shape index (κ1) is 21.4. The lowest BCUT2D eigenvalue weighted by atomic mass is 9.77. The third-order valence-corrected chi connectivity index (χ3v) is 6.13. The quantitative estimate of drug-likeness (QED) is 0.796. The van der Waals surface area contributed by atoms with Crippen molar-refractivity contribution in [2.24, 2.45) is 0 Å². The minimum atomic E-state index is -0.576. The van der Waals surface area contributed by atoms with Crippen molar-refractivity contribution < 1.29 is 19.4 Å². The van der Waals surface area contributed by atoms with E-state index in [1.165, 1.54) is 22.9 Å². The lowest BCUT2D eigenvalue weighted by Gasteiger charge is -2.39. The van der Waals surface area contributed by atoms with Gasteiger partial charge in [-0.2, -0.15) is 5.26 Å². The molecule has 0 spiro atoms. The third kappa shape index (κ3) is 3.26. The fourth-order valence-electron chi connectivity index (χ4n) is 4.67. The average Bonchev–Trinajstić information content (AvgIpc) is 2.75. The van der Waals surface area contributed by atoms with Crippen molar-refractivity contribution in [1.29, 1.82) is 5.26 Å². The van der Waals surface area contributed by atoms with E-state index in [0.717, 1.165) is 0 Å². The van der Waals surface area contributed by atoms with Gasteiger partial charge in [-0.1, -0.05) is 6.07 Å². The number of nitrogens with zero attached hydrogens (tertiary/aromatic N) is 3. The molecule has 164 valence electrons. The predicted molar refractivity (Wildman–Crippen MR) is 116 cm³/mol. The lowest BCUT2D eigenvalue weighted by Crippen LogP contribution is -2.52. The zero-order valence-electron chi connectivity index (χ0n) is 18.1. The van der Waals surface area contributed by atoms with Gasteiger partial charge in [-0.15, -0.1) is 0 Å². The summed E-state index contributed by atoms with van der Waals surface area (Å²) < 4.78 is 6.42. The highest BCUT2D eigenvalue weighted by Crippen LogP contribution is 2.42. The van der Waals surface area contributed by atoms with E-state index >= 15 is 0 Å². The smallest absolute Gasteiger partial charge is 0.288 e. The highest BCUT2D eigenvalue weighted by Gasteiger charge is 2.41. The van der Waals surface area contributed by atoms with Crippen LogP contribution in [-0.2, 0) is 9.59 Å². The number of aromatic hydroxyl groups is 1. The number of amides is 1. The highest BCUT2D eigenvalue weighted by atomic mass is 16.5. The standard InChI is InChI=1S/C24H23N3O5/c1-13-9-14(2)26(24(31)17(13)12-25)27-18-5-4-6-20(29)23(18)16(11-22(27)30)15-7-8-19(28)21(10-15)32-3/h7-10,16,28H,4-6,11H2,1-3H3/t16-/m1/s1. The van der Waals surface area contributed by atoms with Gasteiger partial charge in [-0.25, -0.2) is 9.69 Å². The van der Waals surface area contributed by atoms with Crippen LogP contribution in [0.4, 0.5) is 0 Å². The highest BCUT2D eigenvalue weighted by molar-refractivity contribution is 6.04. The van der Waals surface area contributed by atoms with Crippen LogP contribution in [0.1, 0.15) is 54.0 Å². The summed E-state index contributed by atoms with van der Waals surface area (Å²) in [6.07, 6.45) is 1.36. The molecule has 32 heavy (non-hydrogen) atoms. The molecule has 0 saturated heterocycles. The van der Waals surface area contributed by atoms with Crippen LogP contribution in [0.3, 0.4) is 0 Å². The number of methoxy groups -OCH3 is 1. The Balaban J connectivity index is 1.94. The van der Waals surface area contributed by atoms with Crippen molar-refractivity contribution in [1.82, 2.24) is 4.68 Å². The van der Waals surface area contributed by atoms with Crippen LogP contribution >= 0.6 is 0 Å². The number of allylic oxidation sites excluding steroid dienone is 2. The van der Waals surface area contributed by atoms with Gasteiger partial charge in [0.2, 0.25) is 5.91 Å². The first-order valence-corrected chi connectivity index (χ1v) is 10.4. The number of Topliss-reactive ketones (excluding diaryl/α,β-unsaturated/α-hetero) is 1. The Hall–Kier alpha value is -3.86. The van der Waals surface area contributed by atoms with Crippen molar-refractivity contribution in [2.75, 3.05) is 12.1 Å². The fraction of sp³-hybridized carbons (Fsp3) is 0.333. The van der Waals surface area contributed by atoms with E-state index in [1.807, 2.05) is 6.07 Å². The van der Waals surface area contributed by atoms with E-state index in [4.69, 9.17) is 4.74 Å². The summed E-state index contributed by atoms with van der Waals surface area (Å²) in [5, 5.41) is 20.7. The van der Waals surface area contributed by atoms with Gasteiger partial charge in [0, 0.05) is 30.0 Å². The molecule has 1 aliphatic heterocycles. The van der Waals surface area contributed by atoms with E-state index in [1.54, 1.807) is 32.0 Å². The number of hydrogen-bond donors (Lipinski definition) is 1. The molecule has 0 unspecified atom stereocenters. The number of phenols is 1. The number of nitriles is 1. The minimum absolute atomic E-state index is 0.0276. The maximum atomic E-state index is 13.4.